The van der Waals surface area contributed by atoms with Crippen molar-refractivity contribution < 1.29 is 4.68 Å². The van der Waals surface area contributed by atoms with E-state index in [1.165, 1.54) is 11.1 Å². The quantitative estimate of drug-likeness (QED) is 0.418. The predicted molar refractivity (Wildman–Crippen MR) is 154 cm³/mol. The highest BCUT2D eigenvalue weighted by molar-refractivity contribution is 6.14. The highest BCUT2D eigenvalue weighted by atomic mass is 15.4. The standard InChI is InChI=1S/C32H35N6/c1-4-37-19-17-26(21-32(37)24-13-11-22(2)12-14-24)36-38-30-10-6-5-8-28(30)35-29-20-25(15-16-31(29)38)34-27-9-7-18-33-23(27)3/h5-14,16,18,20,26,32,36H,4,15,17,19,21H2,1-3H3/q+1. The van der Waals surface area contributed by atoms with Gasteiger partial charge in [-0.2, -0.15) is 5.43 Å². The lowest BCUT2D eigenvalue weighted by molar-refractivity contribution is -0.642. The molecule has 6 rings (SSSR count). The summed E-state index contributed by atoms with van der Waals surface area (Å²) in [5.74, 6) is 0. The number of fused-ring (bicyclic) bond motifs is 2. The summed E-state index contributed by atoms with van der Waals surface area (Å²) in [6.45, 7) is 8.57. The van der Waals surface area contributed by atoms with Gasteiger partial charge in [0.05, 0.1) is 17.4 Å². The van der Waals surface area contributed by atoms with E-state index >= 15 is 0 Å². The summed E-state index contributed by atoms with van der Waals surface area (Å²) < 4.78 is 2.28. The molecule has 4 aromatic rings. The van der Waals surface area contributed by atoms with Gasteiger partial charge in [-0.15, -0.1) is 0 Å². The molecule has 2 atom stereocenters. The molecule has 0 saturated carbocycles. The molecule has 6 nitrogen and oxygen atoms in total. The monoisotopic (exact) mass is 503 g/mol. The van der Waals surface area contributed by atoms with Crippen molar-refractivity contribution in [2.75, 3.05) is 18.5 Å². The lowest BCUT2D eigenvalue weighted by Crippen LogP contribution is -2.68. The molecule has 2 unspecified atom stereocenters. The van der Waals surface area contributed by atoms with Gasteiger partial charge in [0.1, 0.15) is 10.9 Å². The minimum absolute atomic E-state index is 0.352. The Morgan fingerprint density at radius 3 is 2.71 bits per heavy atom. The summed E-state index contributed by atoms with van der Waals surface area (Å²) in [7, 11) is 0. The van der Waals surface area contributed by atoms with Crippen molar-refractivity contribution in [1.82, 2.24) is 14.9 Å². The van der Waals surface area contributed by atoms with Crippen LogP contribution < -0.4 is 20.8 Å². The second-order valence-corrected chi connectivity index (χ2v) is 10.4. The Balaban J connectivity index is 1.37. The molecule has 1 aliphatic carbocycles. The summed E-state index contributed by atoms with van der Waals surface area (Å²) in [6, 6.07) is 22.2. The molecule has 1 N–H and O–H groups in total. The van der Waals surface area contributed by atoms with E-state index in [4.69, 9.17) is 9.98 Å². The third kappa shape index (κ3) is 4.84. The molecule has 0 radical (unpaired) electrons. The Morgan fingerprint density at radius 2 is 1.89 bits per heavy atom. The van der Waals surface area contributed by atoms with E-state index in [0.717, 1.165) is 71.2 Å². The Morgan fingerprint density at radius 1 is 1.05 bits per heavy atom. The zero-order valence-corrected chi connectivity index (χ0v) is 22.4. The first kappa shape index (κ1) is 24.4. The fourth-order valence-corrected chi connectivity index (χ4v) is 5.69. The number of rotatable bonds is 5. The predicted octanol–water partition coefficient (Wildman–Crippen LogP) is 4.04. The van der Waals surface area contributed by atoms with Gasteiger partial charge in [0.25, 0.3) is 10.9 Å². The van der Waals surface area contributed by atoms with Crippen LogP contribution in [0, 0.1) is 13.8 Å². The van der Waals surface area contributed by atoms with E-state index in [0.29, 0.717) is 12.1 Å². The molecule has 2 aromatic heterocycles. The fraction of sp³-hybridized carbons (Fsp3) is 0.312. The van der Waals surface area contributed by atoms with E-state index in [2.05, 4.69) is 94.5 Å². The maximum absolute atomic E-state index is 5.03. The van der Waals surface area contributed by atoms with Crippen LogP contribution in [0.25, 0.3) is 23.2 Å². The van der Waals surface area contributed by atoms with Crippen molar-refractivity contribution >= 4 is 34.6 Å². The van der Waals surface area contributed by atoms with E-state index < -0.39 is 0 Å². The van der Waals surface area contributed by atoms with Gasteiger partial charge in [0.2, 0.25) is 0 Å². The molecule has 1 aliphatic heterocycles. The van der Waals surface area contributed by atoms with Gasteiger partial charge >= 0.3 is 0 Å². The summed E-state index contributed by atoms with van der Waals surface area (Å²) in [5, 5.41) is 2.05. The van der Waals surface area contributed by atoms with E-state index in [9.17, 15) is 0 Å². The number of likely N-dealkylation sites (tertiary alicyclic amines) is 1. The van der Waals surface area contributed by atoms with Crippen LogP contribution in [0.5, 0.6) is 0 Å². The van der Waals surface area contributed by atoms with E-state index in [-0.39, 0.29) is 0 Å². The zero-order chi connectivity index (χ0) is 26.1. The number of benzene rings is 2. The fourth-order valence-electron chi connectivity index (χ4n) is 5.69. The number of aliphatic imine (C=N–C) groups is 1. The molecular formula is C32H35N6+. The molecule has 3 heterocycles. The van der Waals surface area contributed by atoms with Gasteiger partial charge in [-0.25, -0.2) is 4.98 Å². The number of aromatic nitrogens is 3. The molecule has 6 heteroatoms. The molecule has 192 valence electrons. The molecular weight excluding hydrogens is 468 g/mol. The zero-order valence-electron chi connectivity index (χ0n) is 22.4. The lowest BCUT2D eigenvalue weighted by Gasteiger charge is -2.38. The van der Waals surface area contributed by atoms with Gasteiger partial charge in [0.15, 0.2) is 0 Å². The number of pyridine rings is 1. The molecule has 1 saturated heterocycles. The summed E-state index contributed by atoms with van der Waals surface area (Å²) in [5.41, 5.74) is 11.6. The van der Waals surface area contributed by atoms with Crippen LogP contribution in [0.1, 0.15) is 49.0 Å². The highest BCUT2D eigenvalue weighted by Crippen LogP contribution is 2.31. The summed E-state index contributed by atoms with van der Waals surface area (Å²) in [4.78, 5) is 16.9. The van der Waals surface area contributed by atoms with Crippen molar-refractivity contribution in [1.29, 1.82) is 0 Å². The van der Waals surface area contributed by atoms with Gasteiger partial charge in [-0.1, -0.05) is 53.6 Å². The van der Waals surface area contributed by atoms with Crippen LogP contribution in [0.15, 0.2) is 71.9 Å². The largest absolute Gasteiger partial charge is 0.296 e. The van der Waals surface area contributed by atoms with Crippen LogP contribution in [-0.2, 0) is 0 Å². The number of piperidine rings is 1. The van der Waals surface area contributed by atoms with Crippen molar-refractivity contribution in [2.45, 2.75) is 52.1 Å². The summed E-state index contributed by atoms with van der Waals surface area (Å²) in [6.07, 6.45) is 9.11. The van der Waals surface area contributed by atoms with Crippen LogP contribution in [-0.4, -0.2) is 39.7 Å². The second-order valence-electron chi connectivity index (χ2n) is 10.4. The Kier molecular flexibility index (Phi) is 6.73. The highest BCUT2D eigenvalue weighted by Gasteiger charge is 2.31. The van der Waals surface area contributed by atoms with Gasteiger partial charge < -0.3 is 0 Å². The molecule has 1 fully saturated rings. The third-order valence-corrected chi connectivity index (χ3v) is 7.81. The second kappa shape index (κ2) is 10.5. The number of aryl methyl sites for hydroxylation is 2. The number of nitrogens with one attached hydrogen (secondary N) is 1. The average Bonchev–Trinajstić information content (AvgIpc) is 2.94. The van der Waals surface area contributed by atoms with Crippen molar-refractivity contribution in [2.24, 2.45) is 4.99 Å². The Labute approximate surface area is 224 Å². The van der Waals surface area contributed by atoms with Crippen molar-refractivity contribution in [3.63, 3.8) is 0 Å². The first-order chi connectivity index (χ1) is 18.6. The van der Waals surface area contributed by atoms with Crippen LogP contribution >= 0.6 is 0 Å². The molecule has 0 spiro atoms. The number of hydrogen-bond donors (Lipinski definition) is 1. The average molecular weight is 504 g/mol. The first-order valence-electron chi connectivity index (χ1n) is 13.7. The van der Waals surface area contributed by atoms with E-state index in [1.54, 1.807) is 0 Å². The van der Waals surface area contributed by atoms with E-state index in [1.807, 2.05) is 25.3 Å². The molecule has 0 amide bonds. The molecule has 0 bridgehead atoms. The van der Waals surface area contributed by atoms with Crippen LogP contribution in [0.4, 0.5) is 5.69 Å². The van der Waals surface area contributed by atoms with Gasteiger partial charge in [-0.05, 0) is 69.1 Å². The Hall–Kier alpha value is -3.90. The minimum Gasteiger partial charge on any atom is -0.296 e. The van der Waals surface area contributed by atoms with Crippen LogP contribution in [0.2, 0.25) is 0 Å². The van der Waals surface area contributed by atoms with Crippen LogP contribution in [0.3, 0.4) is 0 Å². The maximum Gasteiger partial charge on any atom is 0.261 e. The molecule has 2 aliphatic rings. The minimum atomic E-state index is 0.352. The summed E-state index contributed by atoms with van der Waals surface area (Å²) >= 11 is 0. The topological polar surface area (TPSA) is 57.3 Å². The van der Waals surface area contributed by atoms with Gasteiger partial charge in [0, 0.05) is 37.0 Å². The smallest absolute Gasteiger partial charge is 0.261 e. The maximum atomic E-state index is 5.03. The normalized spacial score (nSPS) is 20.6. The first-order valence-corrected chi connectivity index (χ1v) is 13.7. The SMILES string of the molecule is CCN1CCC(N[n+]2c3c(nc4ccccc42)=CC(=Nc2cccnc2C)CC=3)CC1c1ccc(C)cc1. The molecule has 38 heavy (non-hydrogen) atoms. The number of para-hydroxylation sites is 2. The molecule has 2 aromatic carbocycles. The van der Waals surface area contributed by atoms with Crippen molar-refractivity contribution in [3.05, 3.63) is 94.4 Å². The number of hydrogen-bond acceptors (Lipinski definition) is 5. The Bertz CT molecular complexity index is 1620. The van der Waals surface area contributed by atoms with Crippen molar-refractivity contribution in [3.8, 4) is 0 Å². The third-order valence-electron chi connectivity index (χ3n) is 7.81. The number of nitrogens with zero attached hydrogens (tertiary/aromatic N) is 5. The van der Waals surface area contributed by atoms with Gasteiger partial charge in [-0.3, -0.25) is 14.9 Å². The lowest BCUT2D eigenvalue weighted by atomic mass is 9.91.